The molecular formula is C19H21ClN4O7S. The highest BCUT2D eigenvalue weighted by Crippen LogP contribution is 2.32. The van der Waals surface area contributed by atoms with Crippen molar-refractivity contribution >= 4 is 51.1 Å². The molecule has 0 fully saturated rings. The SMILES string of the molecule is COCC(=O)Nc1ccc(OS(=O)(=O)c2ccc(C)c(Cl)c2)cc1N=C(N)NC(=O)OC. The molecule has 0 radical (unpaired) electrons. The normalized spacial score (nSPS) is 11.6. The summed E-state index contributed by atoms with van der Waals surface area (Å²) in [6.45, 7) is 1.49. The Morgan fingerprint density at radius 3 is 2.50 bits per heavy atom. The van der Waals surface area contributed by atoms with Gasteiger partial charge in [0.1, 0.15) is 17.3 Å². The fraction of sp³-hybridized carbons (Fsp3) is 0.211. The third kappa shape index (κ3) is 6.83. The lowest BCUT2D eigenvalue weighted by Crippen LogP contribution is -2.36. The number of nitrogens with zero attached hydrogens (tertiary/aromatic N) is 1. The number of benzene rings is 2. The third-order valence-corrected chi connectivity index (χ3v) is 5.46. The molecule has 2 rings (SSSR count). The second-order valence-corrected chi connectivity index (χ2v) is 8.18. The number of hydrogen-bond acceptors (Lipinski definition) is 8. The first-order chi connectivity index (χ1) is 15.1. The van der Waals surface area contributed by atoms with Gasteiger partial charge in [0.15, 0.2) is 0 Å². The average Bonchev–Trinajstić information content (AvgIpc) is 2.71. The van der Waals surface area contributed by atoms with Crippen LogP contribution in [0.2, 0.25) is 5.02 Å². The third-order valence-electron chi connectivity index (χ3n) is 3.81. The van der Waals surface area contributed by atoms with Crippen molar-refractivity contribution in [1.29, 1.82) is 0 Å². The molecule has 11 nitrogen and oxygen atoms in total. The van der Waals surface area contributed by atoms with Gasteiger partial charge >= 0.3 is 16.2 Å². The lowest BCUT2D eigenvalue weighted by atomic mass is 10.2. The molecule has 172 valence electrons. The van der Waals surface area contributed by atoms with Gasteiger partial charge in [0, 0.05) is 18.2 Å². The van der Waals surface area contributed by atoms with Crippen LogP contribution < -0.4 is 20.6 Å². The van der Waals surface area contributed by atoms with Crippen LogP contribution in [0.4, 0.5) is 16.2 Å². The summed E-state index contributed by atoms with van der Waals surface area (Å²) in [6.07, 6.45) is -0.873. The number of carbonyl (C=O) groups is 2. The highest BCUT2D eigenvalue weighted by molar-refractivity contribution is 7.87. The van der Waals surface area contributed by atoms with E-state index in [1.54, 1.807) is 13.0 Å². The summed E-state index contributed by atoms with van der Waals surface area (Å²) in [7, 11) is -1.75. The minimum atomic E-state index is -4.23. The van der Waals surface area contributed by atoms with Gasteiger partial charge in [-0.05, 0) is 36.8 Å². The van der Waals surface area contributed by atoms with E-state index in [0.29, 0.717) is 5.56 Å². The van der Waals surface area contributed by atoms with Crippen molar-refractivity contribution < 1.29 is 31.7 Å². The first-order valence-electron chi connectivity index (χ1n) is 8.88. The zero-order chi connectivity index (χ0) is 23.9. The maximum absolute atomic E-state index is 12.6. The predicted molar refractivity (Wildman–Crippen MR) is 118 cm³/mol. The van der Waals surface area contributed by atoms with E-state index < -0.39 is 22.1 Å². The van der Waals surface area contributed by atoms with E-state index in [2.05, 4.69) is 20.4 Å². The quantitative estimate of drug-likeness (QED) is 0.306. The zero-order valence-electron chi connectivity index (χ0n) is 17.3. The molecule has 0 aliphatic carbocycles. The predicted octanol–water partition coefficient (Wildman–Crippen LogP) is 2.30. The second kappa shape index (κ2) is 10.8. The number of amides is 2. The number of guanidine groups is 1. The molecule has 0 saturated heterocycles. The molecule has 0 heterocycles. The summed E-state index contributed by atoms with van der Waals surface area (Å²) in [6, 6.07) is 8.03. The standard InChI is InChI=1S/C19H21ClN4O7S/c1-11-4-6-13(9-14(11)20)32(27,28)31-12-5-7-15(22-17(25)10-29-2)16(8-12)23-18(21)24-19(26)30-3/h4-9H,10H2,1-3H3,(H,22,25)(H3,21,23,24,26). The monoisotopic (exact) mass is 484 g/mol. The van der Waals surface area contributed by atoms with Crippen molar-refractivity contribution in [3.63, 3.8) is 0 Å². The van der Waals surface area contributed by atoms with Crippen LogP contribution in [0.15, 0.2) is 46.3 Å². The van der Waals surface area contributed by atoms with Gasteiger partial charge in [0.2, 0.25) is 11.9 Å². The molecule has 0 aliphatic rings. The van der Waals surface area contributed by atoms with Gasteiger partial charge in [-0.25, -0.2) is 9.79 Å². The van der Waals surface area contributed by atoms with Crippen molar-refractivity contribution in [1.82, 2.24) is 5.32 Å². The van der Waals surface area contributed by atoms with E-state index >= 15 is 0 Å². The molecule has 0 atom stereocenters. The highest BCUT2D eigenvalue weighted by Gasteiger charge is 2.19. The Balaban J connectivity index is 2.41. The Morgan fingerprint density at radius 1 is 1.16 bits per heavy atom. The fourth-order valence-corrected chi connectivity index (χ4v) is 3.49. The molecule has 4 N–H and O–H groups in total. The van der Waals surface area contributed by atoms with Gasteiger partial charge < -0.3 is 24.7 Å². The van der Waals surface area contributed by atoms with Crippen LogP contribution in [-0.2, 0) is 24.4 Å². The molecule has 32 heavy (non-hydrogen) atoms. The Hall–Kier alpha value is -3.35. The molecule has 2 aromatic carbocycles. The van der Waals surface area contributed by atoms with E-state index in [9.17, 15) is 18.0 Å². The van der Waals surface area contributed by atoms with Crippen molar-refractivity contribution in [3.8, 4) is 5.75 Å². The Bertz CT molecular complexity index is 1150. The van der Waals surface area contributed by atoms with E-state index in [-0.39, 0.29) is 39.6 Å². The maximum Gasteiger partial charge on any atom is 0.413 e. The van der Waals surface area contributed by atoms with Crippen LogP contribution in [-0.4, -0.2) is 47.2 Å². The summed E-state index contributed by atoms with van der Waals surface area (Å²) in [5.74, 6) is -1.00. The number of aryl methyl sites for hydroxylation is 1. The minimum Gasteiger partial charge on any atom is -0.453 e. The summed E-state index contributed by atoms with van der Waals surface area (Å²) in [4.78, 5) is 27.0. The molecule has 0 aliphatic heterocycles. The fourth-order valence-electron chi connectivity index (χ4n) is 2.30. The van der Waals surface area contributed by atoms with Crippen LogP contribution in [0.5, 0.6) is 5.75 Å². The Kier molecular flexibility index (Phi) is 8.41. The largest absolute Gasteiger partial charge is 0.453 e. The molecule has 0 aromatic heterocycles. The van der Waals surface area contributed by atoms with Gasteiger partial charge in [-0.3, -0.25) is 10.1 Å². The number of carbonyl (C=O) groups excluding carboxylic acids is 2. The van der Waals surface area contributed by atoms with Gasteiger partial charge in [0.25, 0.3) is 0 Å². The van der Waals surface area contributed by atoms with Crippen molar-refractivity contribution in [2.24, 2.45) is 10.7 Å². The van der Waals surface area contributed by atoms with Crippen LogP contribution in [0.3, 0.4) is 0 Å². The second-order valence-electron chi connectivity index (χ2n) is 6.22. The van der Waals surface area contributed by atoms with Crippen molar-refractivity contribution in [3.05, 3.63) is 47.0 Å². The molecule has 0 unspecified atom stereocenters. The molecule has 13 heteroatoms. The topological polar surface area (TPSA) is 158 Å². The molecule has 0 bridgehead atoms. The molecular weight excluding hydrogens is 464 g/mol. The summed E-state index contributed by atoms with van der Waals surface area (Å²) >= 11 is 6.01. The average molecular weight is 485 g/mol. The lowest BCUT2D eigenvalue weighted by molar-refractivity contribution is -0.119. The number of nitrogens with one attached hydrogen (secondary N) is 2. The number of methoxy groups -OCH3 is 2. The summed E-state index contributed by atoms with van der Waals surface area (Å²) in [5.41, 5.74) is 6.52. The first-order valence-corrected chi connectivity index (χ1v) is 10.7. The van der Waals surface area contributed by atoms with E-state index in [0.717, 1.165) is 7.11 Å². The minimum absolute atomic E-state index is 0.00186. The summed E-state index contributed by atoms with van der Waals surface area (Å²) < 4.78 is 39.6. The molecule has 0 spiro atoms. The molecule has 0 saturated carbocycles. The van der Waals surface area contributed by atoms with Crippen LogP contribution in [0, 0.1) is 6.92 Å². The van der Waals surface area contributed by atoms with Crippen LogP contribution >= 0.6 is 11.6 Å². The van der Waals surface area contributed by atoms with E-state index in [4.69, 9.17) is 26.3 Å². The number of aliphatic imine (C=N–C) groups is 1. The number of rotatable bonds is 7. The van der Waals surface area contributed by atoms with Crippen LogP contribution in [0.1, 0.15) is 5.56 Å². The van der Waals surface area contributed by atoms with Crippen LogP contribution in [0.25, 0.3) is 0 Å². The van der Waals surface area contributed by atoms with Gasteiger partial charge in [-0.1, -0.05) is 17.7 Å². The van der Waals surface area contributed by atoms with Gasteiger partial charge in [-0.2, -0.15) is 8.42 Å². The Labute approximate surface area is 189 Å². The number of ether oxygens (including phenoxy) is 2. The van der Waals surface area contributed by atoms with Crippen molar-refractivity contribution in [2.45, 2.75) is 11.8 Å². The van der Waals surface area contributed by atoms with Gasteiger partial charge in [-0.15, -0.1) is 0 Å². The number of hydrogen-bond donors (Lipinski definition) is 3. The highest BCUT2D eigenvalue weighted by atomic mass is 35.5. The number of anilines is 1. The molecule has 2 amide bonds. The molecule has 2 aromatic rings. The van der Waals surface area contributed by atoms with Crippen molar-refractivity contribution in [2.75, 3.05) is 26.1 Å². The number of halogens is 1. The Morgan fingerprint density at radius 2 is 1.88 bits per heavy atom. The van der Waals surface area contributed by atoms with E-state index in [1.807, 2.05) is 0 Å². The number of nitrogens with two attached hydrogens (primary N) is 1. The smallest absolute Gasteiger partial charge is 0.413 e. The summed E-state index contributed by atoms with van der Waals surface area (Å²) in [5, 5.41) is 4.93. The maximum atomic E-state index is 12.6. The van der Waals surface area contributed by atoms with Gasteiger partial charge in [0.05, 0.1) is 18.5 Å². The first kappa shape index (κ1) is 24.9. The number of alkyl carbamates (subject to hydrolysis) is 1. The van der Waals surface area contributed by atoms with E-state index in [1.165, 1.54) is 37.4 Å². The zero-order valence-corrected chi connectivity index (χ0v) is 18.9. The lowest BCUT2D eigenvalue weighted by Gasteiger charge is -2.12.